The summed E-state index contributed by atoms with van der Waals surface area (Å²) in [4.78, 5) is 12.0. The van der Waals surface area contributed by atoms with Crippen LogP contribution in [0.4, 0.5) is 17.5 Å². The van der Waals surface area contributed by atoms with Crippen molar-refractivity contribution >= 4 is 40.8 Å². The molecule has 0 saturated carbocycles. The molecule has 0 unspecified atom stereocenters. The molecule has 2 aromatic rings. The minimum atomic E-state index is 0.0845. The molecule has 0 aliphatic rings. The zero-order chi connectivity index (χ0) is 13.8. The summed E-state index contributed by atoms with van der Waals surface area (Å²) in [7, 11) is 0. The van der Waals surface area contributed by atoms with Gasteiger partial charge in [-0.05, 0) is 24.0 Å². The van der Waals surface area contributed by atoms with Gasteiger partial charge in [-0.3, -0.25) is 0 Å². The average molecular weight is 297 g/mol. The molecule has 0 aromatic carbocycles. The van der Waals surface area contributed by atoms with Gasteiger partial charge < -0.3 is 16.8 Å². The third kappa shape index (κ3) is 3.39. The summed E-state index contributed by atoms with van der Waals surface area (Å²) in [5.74, 6) is 0.515. The second-order valence-electron chi connectivity index (χ2n) is 3.69. The topological polar surface area (TPSA) is 103 Å². The summed E-state index contributed by atoms with van der Waals surface area (Å²) in [5, 5.41) is 4.18. The van der Waals surface area contributed by atoms with Crippen molar-refractivity contribution in [1.29, 1.82) is 0 Å². The minimum absolute atomic E-state index is 0.0845. The van der Waals surface area contributed by atoms with E-state index in [9.17, 15) is 0 Å². The van der Waals surface area contributed by atoms with Crippen LogP contribution in [0.25, 0.3) is 0 Å². The predicted octanol–water partition coefficient (Wildman–Crippen LogP) is 2.02. The molecule has 8 heteroatoms. The van der Waals surface area contributed by atoms with E-state index in [4.69, 9.17) is 23.1 Å². The Morgan fingerprint density at radius 1 is 1.37 bits per heavy atom. The summed E-state index contributed by atoms with van der Waals surface area (Å²) in [6.45, 7) is 0.549. The molecule has 0 aliphatic carbocycles. The highest BCUT2D eigenvalue weighted by Crippen LogP contribution is 2.24. The van der Waals surface area contributed by atoms with Crippen molar-refractivity contribution in [2.24, 2.45) is 0 Å². The Hall–Kier alpha value is -1.73. The van der Waals surface area contributed by atoms with E-state index >= 15 is 0 Å². The number of aromatic nitrogens is 3. The van der Waals surface area contributed by atoms with Crippen molar-refractivity contribution in [3.05, 3.63) is 29.0 Å². The van der Waals surface area contributed by atoms with E-state index in [1.54, 1.807) is 18.0 Å². The van der Waals surface area contributed by atoms with Gasteiger partial charge in [0.15, 0.2) is 11.0 Å². The number of nitrogen functional groups attached to an aromatic ring is 2. The number of anilines is 3. The second kappa shape index (κ2) is 5.94. The van der Waals surface area contributed by atoms with E-state index in [0.717, 1.165) is 10.6 Å². The SMILES string of the molecule is CSc1cc(CNc2nc(N)nc(Cl)c2N)ccn1. The summed E-state index contributed by atoms with van der Waals surface area (Å²) in [5.41, 5.74) is 12.7. The Balaban J connectivity index is 2.14. The monoisotopic (exact) mass is 296 g/mol. The number of rotatable bonds is 4. The van der Waals surface area contributed by atoms with Crippen molar-refractivity contribution in [1.82, 2.24) is 15.0 Å². The fourth-order valence-corrected chi connectivity index (χ4v) is 2.06. The molecule has 0 fully saturated rings. The average Bonchev–Trinajstić information content (AvgIpc) is 2.41. The Bertz CT molecular complexity index is 591. The van der Waals surface area contributed by atoms with Gasteiger partial charge in [0.25, 0.3) is 0 Å². The van der Waals surface area contributed by atoms with Crippen molar-refractivity contribution < 1.29 is 0 Å². The molecule has 0 spiro atoms. The fourth-order valence-electron chi connectivity index (χ4n) is 1.45. The van der Waals surface area contributed by atoms with E-state index in [-0.39, 0.29) is 16.8 Å². The molecule has 5 N–H and O–H groups in total. The van der Waals surface area contributed by atoms with Crippen LogP contribution in [0.15, 0.2) is 23.4 Å². The van der Waals surface area contributed by atoms with Crippen LogP contribution in [0, 0.1) is 0 Å². The maximum Gasteiger partial charge on any atom is 0.223 e. The van der Waals surface area contributed by atoms with Gasteiger partial charge in [0, 0.05) is 12.7 Å². The van der Waals surface area contributed by atoms with E-state index in [1.807, 2.05) is 18.4 Å². The smallest absolute Gasteiger partial charge is 0.223 e. The van der Waals surface area contributed by atoms with Crippen molar-refractivity contribution in [3.63, 3.8) is 0 Å². The van der Waals surface area contributed by atoms with Gasteiger partial charge in [-0.15, -0.1) is 11.8 Å². The molecule has 0 bridgehead atoms. The molecule has 2 heterocycles. The molecule has 2 aromatic heterocycles. The van der Waals surface area contributed by atoms with E-state index < -0.39 is 0 Å². The lowest BCUT2D eigenvalue weighted by atomic mass is 10.2. The molecule has 0 radical (unpaired) electrons. The highest BCUT2D eigenvalue weighted by molar-refractivity contribution is 7.98. The Kier molecular flexibility index (Phi) is 4.28. The van der Waals surface area contributed by atoms with Crippen LogP contribution in [-0.2, 0) is 6.54 Å². The zero-order valence-corrected chi connectivity index (χ0v) is 11.8. The molecule has 0 saturated heterocycles. The molecule has 6 nitrogen and oxygen atoms in total. The van der Waals surface area contributed by atoms with Gasteiger partial charge in [0.05, 0.1) is 5.03 Å². The first-order valence-corrected chi connectivity index (χ1v) is 7.01. The number of thioether (sulfide) groups is 1. The van der Waals surface area contributed by atoms with Gasteiger partial charge in [-0.2, -0.15) is 9.97 Å². The van der Waals surface area contributed by atoms with Crippen LogP contribution in [0.5, 0.6) is 0 Å². The molecular weight excluding hydrogens is 284 g/mol. The first kappa shape index (κ1) is 13.7. The number of nitrogens with zero attached hydrogens (tertiary/aromatic N) is 3. The number of halogens is 1. The Morgan fingerprint density at radius 2 is 2.16 bits per heavy atom. The van der Waals surface area contributed by atoms with Gasteiger partial charge in [0.2, 0.25) is 5.95 Å². The largest absolute Gasteiger partial charge is 0.393 e. The highest BCUT2D eigenvalue weighted by Gasteiger charge is 2.08. The number of nitrogens with two attached hydrogens (primary N) is 2. The van der Waals surface area contributed by atoms with E-state index in [2.05, 4.69) is 20.3 Å². The number of hydrogen-bond acceptors (Lipinski definition) is 7. The number of nitrogens with one attached hydrogen (secondary N) is 1. The molecule has 0 aliphatic heterocycles. The summed E-state index contributed by atoms with van der Waals surface area (Å²) in [6, 6.07) is 3.90. The third-order valence-electron chi connectivity index (χ3n) is 2.38. The first-order chi connectivity index (χ1) is 9.10. The quantitative estimate of drug-likeness (QED) is 0.586. The van der Waals surface area contributed by atoms with E-state index in [0.29, 0.717) is 12.4 Å². The maximum atomic E-state index is 5.84. The maximum absolute atomic E-state index is 5.84. The first-order valence-electron chi connectivity index (χ1n) is 5.41. The van der Waals surface area contributed by atoms with Gasteiger partial charge in [-0.25, -0.2) is 4.98 Å². The Labute approximate surface area is 120 Å². The molecule has 2 rings (SSSR count). The highest BCUT2D eigenvalue weighted by atomic mass is 35.5. The van der Waals surface area contributed by atoms with Crippen LogP contribution >= 0.6 is 23.4 Å². The van der Waals surface area contributed by atoms with Crippen LogP contribution in [0.1, 0.15) is 5.56 Å². The van der Waals surface area contributed by atoms with Crippen LogP contribution in [0.2, 0.25) is 5.15 Å². The predicted molar refractivity (Wildman–Crippen MR) is 79.2 cm³/mol. The minimum Gasteiger partial charge on any atom is -0.393 e. The van der Waals surface area contributed by atoms with E-state index in [1.165, 1.54) is 0 Å². The fraction of sp³-hybridized carbons (Fsp3) is 0.182. The standard InChI is InChI=1S/C11H13ClN6S/c1-19-7-4-6(2-3-15-7)5-16-10-8(13)9(12)17-11(14)18-10/h2-4H,5,13H2,1H3,(H3,14,16,17,18). The zero-order valence-electron chi connectivity index (χ0n) is 10.2. The molecule has 19 heavy (non-hydrogen) atoms. The van der Waals surface area contributed by atoms with Gasteiger partial charge in [-0.1, -0.05) is 11.6 Å². The van der Waals surface area contributed by atoms with Gasteiger partial charge in [0.1, 0.15) is 5.69 Å². The van der Waals surface area contributed by atoms with Crippen molar-refractivity contribution in [2.45, 2.75) is 11.6 Å². The Morgan fingerprint density at radius 3 is 2.89 bits per heavy atom. The third-order valence-corrected chi connectivity index (χ3v) is 3.31. The van der Waals surface area contributed by atoms with Crippen molar-refractivity contribution in [3.8, 4) is 0 Å². The van der Waals surface area contributed by atoms with Crippen molar-refractivity contribution in [2.75, 3.05) is 23.0 Å². The molecular formula is C11H13ClN6S. The molecule has 0 amide bonds. The molecule has 0 atom stereocenters. The summed E-state index contributed by atoms with van der Waals surface area (Å²) >= 11 is 7.42. The van der Waals surface area contributed by atoms with Crippen LogP contribution < -0.4 is 16.8 Å². The van der Waals surface area contributed by atoms with Crippen LogP contribution in [0.3, 0.4) is 0 Å². The van der Waals surface area contributed by atoms with Crippen LogP contribution in [-0.4, -0.2) is 21.2 Å². The summed E-state index contributed by atoms with van der Waals surface area (Å²) < 4.78 is 0. The number of hydrogen-bond donors (Lipinski definition) is 3. The van der Waals surface area contributed by atoms with Gasteiger partial charge >= 0.3 is 0 Å². The second-order valence-corrected chi connectivity index (χ2v) is 4.88. The molecule has 100 valence electrons. The lowest BCUT2D eigenvalue weighted by molar-refractivity contribution is 1.04. The normalized spacial score (nSPS) is 10.4. The lowest BCUT2D eigenvalue weighted by Gasteiger charge is -2.10. The summed E-state index contributed by atoms with van der Waals surface area (Å²) in [6.07, 6.45) is 3.73. The number of pyridine rings is 1. The lowest BCUT2D eigenvalue weighted by Crippen LogP contribution is -2.08.